The molecule has 0 amide bonds. The van der Waals surface area contributed by atoms with E-state index in [-0.39, 0.29) is 24.1 Å². The predicted octanol–water partition coefficient (Wildman–Crippen LogP) is 3.52. The van der Waals surface area contributed by atoms with E-state index >= 15 is 0 Å². The van der Waals surface area contributed by atoms with Crippen LogP contribution in [-0.2, 0) is 11.2 Å². The van der Waals surface area contributed by atoms with Gasteiger partial charge in [0.15, 0.2) is 0 Å². The van der Waals surface area contributed by atoms with Crippen LogP contribution in [-0.4, -0.2) is 18.2 Å². The summed E-state index contributed by atoms with van der Waals surface area (Å²) in [4.78, 5) is 0. The van der Waals surface area contributed by atoms with Crippen molar-refractivity contribution in [2.24, 2.45) is 17.6 Å². The summed E-state index contributed by atoms with van der Waals surface area (Å²) in [6.07, 6.45) is 1.06. The third-order valence-corrected chi connectivity index (χ3v) is 5.19. The van der Waals surface area contributed by atoms with Gasteiger partial charge in [0, 0.05) is 12.0 Å². The van der Waals surface area contributed by atoms with Gasteiger partial charge < -0.3 is 10.5 Å². The van der Waals surface area contributed by atoms with Gasteiger partial charge in [-0.05, 0) is 53.7 Å². The van der Waals surface area contributed by atoms with Crippen molar-refractivity contribution < 1.29 is 9.13 Å². The molecule has 1 aromatic rings. The van der Waals surface area contributed by atoms with Crippen LogP contribution in [0.25, 0.3) is 0 Å². The number of hydrogen-bond donors (Lipinski definition) is 1. The molecule has 0 spiro atoms. The fourth-order valence-electron chi connectivity index (χ4n) is 3.13. The molecule has 2 nitrogen and oxygen atoms in total. The van der Waals surface area contributed by atoms with Crippen LogP contribution in [0.2, 0.25) is 0 Å². The third kappa shape index (κ3) is 3.01. The van der Waals surface area contributed by atoms with Gasteiger partial charge in [-0.1, -0.05) is 19.1 Å². The van der Waals surface area contributed by atoms with E-state index in [1.807, 2.05) is 6.07 Å². The first kappa shape index (κ1) is 14.9. The highest BCUT2D eigenvalue weighted by Crippen LogP contribution is 2.35. The number of nitrogens with two attached hydrogens (primary N) is 1. The molecule has 106 valence electrons. The van der Waals surface area contributed by atoms with Crippen LogP contribution in [0.5, 0.6) is 0 Å². The van der Waals surface area contributed by atoms with Gasteiger partial charge in [-0.15, -0.1) is 0 Å². The van der Waals surface area contributed by atoms with Crippen molar-refractivity contribution in [1.29, 1.82) is 0 Å². The van der Waals surface area contributed by atoms with Gasteiger partial charge in [-0.2, -0.15) is 0 Å². The highest BCUT2D eigenvalue weighted by Gasteiger charge is 2.40. The first-order chi connectivity index (χ1) is 8.91. The van der Waals surface area contributed by atoms with Crippen molar-refractivity contribution in [3.63, 3.8) is 0 Å². The first-order valence-electron chi connectivity index (χ1n) is 6.75. The molecular formula is C15H21BrFNO. The van der Waals surface area contributed by atoms with E-state index in [2.05, 4.69) is 36.7 Å². The standard InChI is InChI=1S/C15H21BrFNO/c1-8-9(2)19-10(3)14(8)13(18)7-11-5-4-6-12(17)15(11)16/h4-6,8-10,13-14H,7,18H2,1-3H3. The van der Waals surface area contributed by atoms with Gasteiger partial charge in [-0.3, -0.25) is 0 Å². The van der Waals surface area contributed by atoms with E-state index in [1.165, 1.54) is 6.07 Å². The molecule has 1 aromatic carbocycles. The largest absolute Gasteiger partial charge is 0.375 e. The van der Waals surface area contributed by atoms with Crippen molar-refractivity contribution in [2.45, 2.75) is 45.4 Å². The van der Waals surface area contributed by atoms with Crippen molar-refractivity contribution in [3.05, 3.63) is 34.1 Å². The minimum absolute atomic E-state index is 0.0203. The summed E-state index contributed by atoms with van der Waals surface area (Å²) < 4.78 is 19.9. The Morgan fingerprint density at radius 3 is 2.58 bits per heavy atom. The molecule has 2 rings (SSSR count). The van der Waals surface area contributed by atoms with Gasteiger partial charge in [0.05, 0.1) is 16.7 Å². The molecule has 2 N–H and O–H groups in total. The third-order valence-electron chi connectivity index (χ3n) is 4.30. The Morgan fingerprint density at radius 2 is 2.00 bits per heavy atom. The van der Waals surface area contributed by atoms with Gasteiger partial charge in [0.25, 0.3) is 0 Å². The Bertz CT molecular complexity index is 454. The molecule has 19 heavy (non-hydrogen) atoms. The molecule has 1 aliphatic rings. The first-order valence-corrected chi connectivity index (χ1v) is 7.55. The smallest absolute Gasteiger partial charge is 0.137 e. The average Bonchev–Trinajstić information content (AvgIpc) is 2.59. The molecule has 4 heteroatoms. The molecule has 1 aliphatic heterocycles. The van der Waals surface area contributed by atoms with Crippen LogP contribution in [0.3, 0.4) is 0 Å². The zero-order valence-electron chi connectivity index (χ0n) is 11.6. The molecule has 0 bridgehead atoms. The fourth-order valence-corrected chi connectivity index (χ4v) is 3.55. The maximum atomic E-state index is 13.5. The van der Waals surface area contributed by atoms with Gasteiger partial charge in [-0.25, -0.2) is 4.39 Å². The summed E-state index contributed by atoms with van der Waals surface area (Å²) in [7, 11) is 0. The second-order valence-electron chi connectivity index (χ2n) is 5.56. The van der Waals surface area contributed by atoms with E-state index in [0.717, 1.165) is 5.56 Å². The Morgan fingerprint density at radius 1 is 1.32 bits per heavy atom. The van der Waals surface area contributed by atoms with E-state index in [9.17, 15) is 4.39 Å². The van der Waals surface area contributed by atoms with E-state index in [1.54, 1.807) is 6.07 Å². The highest BCUT2D eigenvalue weighted by atomic mass is 79.9. The molecule has 0 aromatic heterocycles. The minimum atomic E-state index is -0.234. The topological polar surface area (TPSA) is 35.2 Å². The number of ether oxygens (including phenoxy) is 1. The molecule has 5 atom stereocenters. The van der Waals surface area contributed by atoms with Crippen LogP contribution >= 0.6 is 15.9 Å². The maximum absolute atomic E-state index is 13.5. The Hall–Kier alpha value is -0.450. The van der Waals surface area contributed by atoms with Crippen molar-refractivity contribution in [1.82, 2.24) is 0 Å². The highest BCUT2D eigenvalue weighted by molar-refractivity contribution is 9.10. The lowest BCUT2D eigenvalue weighted by Crippen LogP contribution is -2.39. The molecular weight excluding hydrogens is 309 g/mol. The lowest BCUT2D eigenvalue weighted by atomic mass is 9.81. The molecule has 0 saturated carbocycles. The fraction of sp³-hybridized carbons (Fsp3) is 0.600. The Balaban J connectivity index is 2.13. The number of rotatable bonds is 3. The minimum Gasteiger partial charge on any atom is -0.375 e. The molecule has 1 heterocycles. The van der Waals surface area contributed by atoms with Crippen LogP contribution in [0.15, 0.2) is 22.7 Å². The summed E-state index contributed by atoms with van der Waals surface area (Å²) in [6, 6.07) is 5.07. The molecule has 0 radical (unpaired) electrons. The Labute approximate surface area is 122 Å². The molecule has 5 unspecified atom stereocenters. The lowest BCUT2D eigenvalue weighted by molar-refractivity contribution is 0.0490. The monoisotopic (exact) mass is 329 g/mol. The molecule has 0 aliphatic carbocycles. The van der Waals surface area contributed by atoms with Gasteiger partial charge in [0.2, 0.25) is 0 Å². The number of hydrogen-bond acceptors (Lipinski definition) is 2. The van der Waals surface area contributed by atoms with Gasteiger partial charge in [0.1, 0.15) is 5.82 Å². The quantitative estimate of drug-likeness (QED) is 0.920. The maximum Gasteiger partial charge on any atom is 0.137 e. The SMILES string of the molecule is CC1OC(C)C(C(N)Cc2cccc(F)c2Br)C1C. The second kappa shape index (κ2) is 5.90. The lowest BCUT2D eigenvalue weighted by Gasteiger charge is -2.26. The predicted molar refractivity (Wildman–Crippen MR) is 78.4 cm³/mol. The van der Waals surface area contributed by atoms with Crippen LogP contribution < -0.4 is 5.73 Å². The summed E-state index contributed by atoms with van der Waals surface area (Å²) >= 11 is 3.30. The van der Waals surface area contributed by atoms with Crippen LogP contribution in [0.4, 0.5) is 4.39 Å². The van der Waals surface area contributed by atoms with Crippen molar-refractivity contribution in [2.75, 3.05) is 0 Å². The van der Waals surface area contributed by atoms with Crippen molar-refractivity contribution >= 4 is 15.9 Å². The van der Waals surface area contributed by atoms with Crippen molar-refractivity contribution in [3.8, 4) is 0 Å². The summed E-state index contributed by atoms with van der Waals surface area (Å²) in [5, 5.41) is 0. The summed E-state index contributed by atoms with van der Waals surface area (Å²) in [5.74, 6) is 0.504. The van der Waals surface area contributed by atoms with Crippen LogP contribution in [0, 0.1) is 17.7 Å². The molecule has 1 fully saturated rings. The summed E-state index contributed by atoms with van der Waals surface area (Å²) in [5.41, 5.74) is 7.27. The summed E-state index contributed by atoms with van der Waals surface area (Å²) in [6.45, 7) is 6.34. The second-order valence-corrected chi connectivity index (χ2v) is 6.36. The average molecular weight is 330 g/mol. The van der Waals surface area contributed by atoms with E-state index in [0.29, 0.717) is 22.7 Å². The zero-order chi connectivity index (χ0) is 14.2. The Kier molecular flexibility index (Phi) is 4.64. The normalized spacial score (nSPS) is 32.5. The van der Waals surface area contributed by atoms with Gasteiger partial charge >= 0.3 is 0 Å². The van der Waals surface area contributed by atoms with Crippen LogP contribution in [0.1, 0.15) is 26.3 Å². The van der Waals surface area contributed by atoms with E-state index in [4.69, 9.17) is 10.5 Å². The number of halogens is 2. The number of benzene rings is 1. The zero-order valence-corrected chi connectivity index (χ0v) is 13.2. The van der Waals surface area contributed by atoms with E-state index < -0.39 is 0 Å². The molecule has 1 saturated heterocycles.